The minimum Gasteiger partial charge on any atom is -0.0991 e. The Labute approximate surface area is 117 Å². The van der Waals surface area contributed by atoms with Crippen LogP contribution in [0, 0.1) is 0 Å². The highest BCUT2D eigenvalue weighted by molar-refractivity contribution is 5.78. The molecule has 1 aromatic rings. The molecule has 0 bridgehead atoms. The van der Waals surface area contributed by atoms with Crippen molar-refractivity contribution in [2.24, 2.45) is 0 Å². The number of benzene rings is 1. The molecule has 0 aliphatic carbocycles. The lowest BCUT2D eigenvalue weighted by Crippen LogP contribution is -1.87. The fourth-order valence-electron chi connectivity index (χ4n) is 1.94. The van der Waals surface area contributed by atoms with Gasteiger partial charge in [0.1, 0.15) is 0 Å². The Hall–Kier alpha value is -2.08. The van der Waals surface area contributed by atoms with Crippen LogP contribution in [0.4, 0.5) is 0 Å². The van der Waals surface area contributed by atoms with Crippen molar-refractivity contribution < 1.29 is 0 Å². The van der Waals surface area contributed by atoms with E-state index in [2.05, 4.69) is 62.6 Å². The molecule has 0 amide bonds. The molecule has 1 aromatic carbocycles. The molecule has 19 heavy (non-hydrogen) atoms. The number of rotatable bonds is 6. The summed E-state index contributed by atoms with van der Waals surface area (Å²) in [6, 6.07) is 6.45. The van der Waals surface area contributed by atoms with Gasteiger partial charge in [-0.2, -0.15) is 0 Å². The fraction of sp³-hybridized carbons (Fsp3) is 0.158. The van der Waals surface area contributed by atoms with E-state index in [1.807, 2.05) is 19.1 Å². The molecular formula is C19H22. The number of hydrogen-bond acceptors (Lipinski definition) is 0. The van der Waals surface area contributed by atoms with Crippen molar-refractivity contribution in [3.05, 3.63) is 78.4 Å². The van der Waals surface area contributed by atoms with Crippen molar-refractivity contribution in [3.8, 4) is 0 Å². The minimum atomic E-state index is 1.01. The first-order chi connectivity index (χ1) is 9.26. The first-order valence-electron chi connectivity index (χ1n) is 6.65. The monoisotopic (exact) mass is 250 g/mol. The van der Waals surface area contributed by atoms with E-state index in [1.165, 1.54) is 16.7 Å². The molecule has 0 heterocycles. The second-order valence-electron chi connectivity index (χ2n) is 4.21. The quantitative estimate of drug-likeness (QED) is 0.551. The van der Waals surface area contributed by atoms with Gasteiger partial charge in [-0.25, -0.2) is 0 Å². The van der Waals surface area contributed by atoms with Crippen molar-refractivity contribution >= 4 is 17.7 Å². The van der Waals surface area contributed by atoms with Gasteiger partial charge in [0.15, 0.2) is 0 Å². The zero-order valence-electron chi connectivity index (χ0n) is 11.9. The second kappa shape index (κ2) is 8.10. The normalized spacial score (nSPS) is 12.2. The van der Waals surface area contributed by atoms with Gasteiger partial charge in [0.2, 0.25) is 0 Å². The Morgan fingerprint density at radius 1 is 1.21 bits per heavy atom. The maximum Gasteiger partial charge on any atom is -0.0181 e. The van der Waals surface area contributed by atoms with Crippen LogP contribution in [0.15, 0.2) is 61.7 Å². The molecule has 0 aromatic heterocycles. The molecule has 0 atom stereocenters. The van der Waals surface area contributed by atoms with Crippen LogP contribution in [-0.2, 0) is 0 Å². The molecule has 0 N–H and O–H groups in total. The molecule has 0 aliphatic heterocycles. The summed E-state index contributed by atoms with van der Waals surface area (Å²) in [5, 5.41) is 0. The average Bonchev–Trinajstić information content (AvgIpc) is 2.44. The van der Waals surface area contributed by atoms with Crippen LogP contribution in [0.2, 0.25) is 0 Å². The van der Waals surface area contributed by atoms with E-state index in [1.54, 1.807) is 6.08 Å². The molecule has 0 nitrogen and oxygen atoms in total. The Bertz CT molecular complexity index is 525. The third-order valence-corrected chi connectivity index (χ3v) is 2.82. The summed E-state index contributed by atoms with van der Waals surface area (Å²) < 4.78 is 0. The van der Waals surface area contributed by atoms with Crippen LogP contribution in [0.5, 0.6) is 0 Å². The van der Waals surface area contributed by atoms with Crippen molar-refractivity contribution in [1.82, 2.24) is 0 Å². The predicted molar refractivity (Wildman–Crippen MR) is 88.8 cm³/mol. The third kappa shape index (κ3) is 4.26. The maximum atomic E-state index is 3.86. The van der Waals surface area contributed by atoms with Crippen molar-refractivity contribution in [1.29, 1.82) is 0 Å². The SMILES string of the molecule is C=C/C=C\C(=C/CC)c1ccc(C=C)c(/C=C\C)c1. The lowest BCUT2D eigenvalue weighted by Gasteiger charge is -2.07. The molecule has 0 fully saturated rings. The van der Waals surface area contributed by atoms with E-state index in [4.69, 9.17) is 0 Å². The van der Waals surface area contributed by atoms with E-state index < -0.39 is 0 Å². The average molecular weight is 250 g/mol. The summed E-state index contributed by atoms with van der Waals surface area (Å²) >= 11 is 0. The summed E-state index contributed by atoms with van der Waals surface area (Å²) in [7, 11) is 0. The van der Waals surface area contributed by atoms with Gasteiger partial charge in [-0.1, -0.05) is 74.7 Å². The van der Waals surface area contributed by atoms with Gasteiger partial charge in [-0.15, -0.1) is 0 Å². The van der Waals surface area contributed by atoms with Crippen LogP contribution in [0.1, 0.15) is 37.0 Å². The smallest absolute Gasteiger partial charge is 0.0181 e. The summed E-state index contributed by atoms with van der Waals surface area (Å²) in [6.07, 6.45) is 15.2. The highest BCUT2D eigenvalue weighted by atomic mass is 14.1. The minimum absolute atomic E-state index is 1.01. The van der Waals surface area contributed by atoms with Crippen LogP contribution >= 0.6 is 0 Å². The lowest BCUT2D eigenvalue weighted by atomic mass is 9.97. The van der Waals surface area contributed by atoms with E-state index in [-0.39, 0.29) is 0 Å². The Balaban J connectivity index is 3.28. The lowest BCUT2D eigenvalue weighted by molar-refractivity contribution is 1.23. The summed E-state index contributed by atoms with van der Waals surface area (Å²) in [5.74, 6) is 0. The number of hydrogen-bond donors (Lipinski definition) is 0. The molecule has 1 rings (SSSR count). The fourth-order valence-corrected chi connectivity index (χ4v) is 1.94. The van der Waals surface area contributed by atoms with Gasteiger partial charge < -0.3 is 0 Å². The Morgan fingerprint density at radius 3 is 2.58 bits per heavy atom. The van der Waals surface area contributed by atoms with Gasteiger partial charge in [0, 0.05) is 0 Å². The predicted octanol–water partition coefficient (Wildman–Crippen LogP) is 5.90. The molecule has 98 valence electrons. The summed E-state index contributed by atoms with van der Waals surface area (Å²) in [5.41, 5.74) is 4.80. The molecule has 0 aliphatic rings. The first kappa shape index (κ1) is 15.0. The zero-order valence-corrected chi connectivity index (χ0v) is 11.9. The van der Waals surface area contributed by atoms with Crippen LogP contribution < -0.4 is 0 Å². The summed E-state index contributed by atoms with van der Waals surface area (Å²) in [4.78, 5) is 0. The van der Waals surface area contributed by atoms with Gasteiger partial charge in [-0.3, -0.25) is 0 Å². The molecular weight excluding hydrogens is 228 g/mol. The van der Waals surface area contributed by atoms with E-state index in [0.29, 0.717) is 0 Å². The topological polar surface area (TPSA) is 0 Å². The van der Waals surface area contributed by atoms with E-state index in [9.17, 15) is 0 Å². The van der Waals surface area contributed by atoms with Crippen molar-refractivity contribution in [2.75, 3.05) is 0 Å². The highest BCUT2D eigenvalue weighted by Crippen LogP contribution is 2.22. The van der Waals surface area contributed by atoms with Crippen molar-refractivity contribution in [3.63, 3.8) is 0 Å². The molecule has 0 saturated heterocycles. The highest BCUT2D eigenvalue weighted by Gasteiger charge is 2.01. The molecule has 0 unspecified atom stereocenters. The van der Waals surface area contributed by atoms with Gasteiger partial charge in [-0.05, 0) is 41.7 Å². The number of allylic oxidation sites excluding steroid dienone is 6. The van der Waals surface area contributed by atoms with Gasteiger partial charge in [0.05, 0.1) is 0 Å². The molecule has 0 radical (unpaired) electrons. The van der Waals surface area contributed by atoms with Crippen LogP contribution in [0.25, 0.3) is 17.7 Å². The Morgan fingerprint density at radius 2 is 2.00 bits per heavy atom. The van der Waals surface area contributed by atoms with Gasteiger partial charge >= 0.3 is 0 Å². The largest absolute Gasteiger partial charge is 0.0991 e. The van der Waals surface area contributed by atoms with Crippen LogP contribution in [0.3, 0.4) is 0 Å². The third-order valence-electron chi connectivity index (χ3n) is 2.82. The van der Waals surface area contributed by atoms with Crippen molar-refractivity contribution in [2.45, 2.75) is 20.3 Å². The van der Waals surface area contributed by atoms with E-state index in [0.717, 1.165) is 12.0 Å². The van der Waals surface area contributed by atoms with Gasteiger partial charge in [0.25, 0.3) is 0 Å². The van der Waals surface area contributed by atoms with E-state index >= 15 is 0 Å². The standard InChI is InChI=1S/C19H22/c1-5-9-12-17(10-6-2)19-14-13-16(8-4)18(15-19)11-7-3/h5,7-15H,1,4,6H2,2-3H3/b11-7-,12-9-,17-10+. The molecule has 0 heteroatoms. The maximum absolute atomic E-state index is 3.86. The van der Waals surface area contributed by atoms with Crippen LogP contribution in [-0.4, -0.2) is 0 Å². The molecule has 0 spiro atoms. The first-order valence-corrected chi connectivity index (χ1v) is 6.65. The zero-order chi connectivity index (χ0) is 14.1. The Kier molecular flexibility index (Phi) is 6.38. The second-order valence-corrected chi connectivity index (χ2v) is 4.21. The summed E-state index contributed by atoms with van der Waals surface area (Å²) in [6.45, 7) is 11.8. The molecule has 0 saturated carbocycles.